The summed E-state index contributed by atoms with van der Waals surface area (Å²) in [5.41, 5.74) is 1.04. The van der Waals surface area contributed by atoms with Crippen molar-refractivity contribution >= 4 is 37.7 Å². The first kappa shape index (κ1) is 18.0. The van der Waals surface area contributed by atoms with Crippen LogP contribution in [0.1, 0.15) is 18.4 Å². The van der Waals surface area contributed by atoms with Crippen LogP contribution in [0.2, 0.25) is 0 Å². The van der Waals surface area contributed by atoms with E-state index in [0.29, 0.717) is 22.5 Å². The number of hydrogen-bond acceptors (Lipinski definition) is 4. The van der Waals surface area contributed by atoms with E-state index in [1.807, 2.05) is 25.4 Å². The lowest BCUT2D eigenvalue weighted by Crippen LogP contribution is -2.25. The highest BCUT2D eigenvalue weighted by Gasteiger charge is 2.17. The van der Waals surface area contributed by atoms with E-state index in [-0.39, 0.29) is 0 Å². The number of benzene rings is 1. The minimum atomic E-state index is -3.43. The van der Waals surface area contributed by atoms with E-state index in [1.54, 1.807) is 17.8 Å². The Hall–Kier alpha value is -0.0800. The van der Waals surface area contributed by atoms with Gasteiger partial charge in [-0.1, -0.05) is 6.07 Å². The fourth-order valence-electron chi connectivity index (χ4n) is 1.73. The summed E-state index contributed by atoms with van der Waals surface area (Å²) in [6.07, 6.45) is 3.93. The largest absolute Gasteiger partial charge is 0.316 e. The van der Waals surface area contributed by atoms with Crippen molar-refractivity contribution in [3.8, 4) is 0 Å². The second-order valence-corrected chi connectivity index (χ2v) is 7.97. The van der Waals surface area contributed by atoms with Gasteiger partial charge in [-0.15, -0.1) is 0 Å². The van der Waals surface area contributed by atoms with E-state index in [0.717, 1.165) is 24.2 Å². The molecule has 0 heterocycles. The maximum Gasteiger partial charge on any atom is 0.241 e. The smallest absolute Gasteiger partial charge is 0.241 e. The Bertz CT molecular complexity index is 521. The molecule has 0 amide bonds. The number of thioether (sulfide) groups is 1. The summed E-state index contributed by atoms with van der Waals surface area (Å²) in [7, 11) is -1.58. The molecule has 114 valence electrons. The van der Waals surface area contributed by atoms with Crippen molar-refractivity contribution in [1.82, 2.24) is 10.0 Å². The van der Waals surface area contributed by atoms with Crippen LogP contribution in [0.4, 0.5) is 0 Å². The second-order valence-electron chi connectivity index (χ2n) is 4.39. The Balaban J connectivity index is 2.67. The predicted octanol–water partition coefficient (Wildman–Crippen LogP) is 2.59. The minimum absolute atomic E-state index is 0.294. The van der Waals surface area contributed by atoms with E-state index in [2.05, 4.69) is 26.0 Å². The van der Waals surface area contributed by atoms with Gasteiger partial charge in [0.15, 0.2) is 0 Å². The van der Waals surface area contributed by atoms with Crippen LogP contribution in [0.15, 0.2) is 27.6 Å². The molecule has 0 aromatic heterocycles. The zero-order valence-corrected chi connectivity index (χ0v) is 15.0. The van der Waals surface area contributed by atoms with Crippen LogP contribution in [0.3, 0.4) is 0 Å². The summed E-state index contributed by atoms with van der Waals surface area (Å²) in [5, 5.41) is 3.04. The molecule has 0 radical (unpaired) electrons. The number of hydrogen-bond donors (Lipinski definition) is 2. The zero-order chi connectivity index (χ0) is 15.0. The zero-order valence-electron chi connectivity index (χ0n) is 11.8. The molecule has 0 fully saturated rings. The summed E-state index contributed by atoms with van der Waals surface area (Å²) < 4.78 is 27.6. The number of unbranched alkanes of at least 4 members (excludes halogenated alkanes) is 1. The average molecular weight is 381 g/mol. The standard InChI is InChI=1S/C13H21BrN2O2S2/c1-15-10-11-5-6-13(12(14)9-11)20(17,18)16-7-3-4-8-19-2/h5-6,9,15-16H,3-4,7-8,10H2,1-2H3. The predicted molar refractivity (Wildman–Crippen MR) is 89.7 cm³/mol. The highest BCUT2D eigenvalue weighted by Crippen LogP contribution is 2.23. The third-order valence-electron chi connectivity index (χ3n) is 2.73. The lowest BCUT2D eigenvalue weighted by Gasteiger charge is -2.10. The average Bonchev–Trinajstić information content (AvgIpc) is 2.38. The van der Waals surface area contributed by atoms with Crippen LogP contribution >= 0.6 is 27.7 Å². The molecule has 0 bridgehead atoms. The number of sulfonamides is 1. The first-order valence-corrected chi connectivity index (χ1v) is 10.1. The molecule has 1 aromatic rings. The molecule has 4 nitrogen and oxygen atoms in total. The van der Waals surface area contributed by atoms with Gasteiger partial charge in [0.25, 0.3) is 0 Å². The van der Waals surface area contributed by atoms with Crippen molar-refractivity contribution in [2.75, 3.05) is 25.6 Å². The molecular weight excluding hydrogens is 360 g/mol. The van der Waals surface area contributed by atoms with Crippen LogP contribution < -0.4 is 10.0 Å². The van der Waals surface area contributed by atoms with Gasteiger partial charge in [-0.05, 0) is 65.5 Å². The summed E-state index contributed by atoms with van der Waals surface area (Å²) >= 11 is 5.11. The maximum atomic E-state index is 12.2. The van der Waals surface area contributed by atoms with E-state index in [1.165, 1.54) is 0 Å². The molecule has 0 saturated heterocycles. The van der Waals surface area contributed by atoms with Gasteiger partial charge >= 0.3 is 0 Å². The molecule has 0 unspecified atom stereocenters. The van der Waals surface area contributed by atoms with Gasteiger partial charge in [-0.2, -0.15) is 11.8 Å². The molecule has 2 N–H and O–H groups in total. The number of rotatable bonds is 9. The van der Waals surface area contributed by atoms with Gasteiger partial charge in [0.2, 0.25) is 10.0 Å². The van der Waals surface area contributed by atoms with Gasteiger partial charge in [0.1, 0.15) is 0 Å². The Morgan fingerprint density at radius 3 is 2.65 bits per heavy atom. The lowest BCUT2D eigenvalue weighted by molar-refractivity contribution is 0.578. The lowest BCUT2D eigenvalue weighted by atomic mass is 10.2. The SMILES string of the molecule is CNCc1ccc(S(=O)(=O)NCCCCSC)c(Br)c1. The molecule has 0 spiro atoms. The van der Waals surface area contributed by atoms with Crippen molar-refractivity contribution in [1.29, 1.82) is 0 Å². The van der Waals surface area contributed by atoms with Gasteiger partial charge < -0.3 is 5.32 Å². The van der Waals surface area contributed by atoms with Crippen LogP contribution in [-0.4, -0.2) is 34.0 Å². The highest BCUT2D eigenvalue weighted by atomic mass is 79.9. The first-order chi connectivity index (χ1) is 9.51. The Morgan fingerprint density at radius 2 is 2.05 bits per heavy atom. The van der Waals surface area contributed by atoms with Crippen molar-refractivity contribution in [2.24, 2.45) is 0 Å². The van der Waals surface area contributed by atoms with Crippen molar-refractivity contribution in [2.45, 2.75) is 24.3 Å². The molecule has 0 atom stereocenters. The first-order valence-electron chi connectivity index (χ1n) is 6.43. The monoisotopic (exact) mass is 380 g/mol. The molecule has 0 aliphatic rings. The number of nitrogens with one attached hydrogen (secondary N) is 2. The molecule has 20 heavy (non-hydrogen) atoms. The van der Waals surface area contributed by atoms with E-state index < -0.39 is 10.0 Å². The quantitative estimate of drug-likeness (QED) is 0.646. The van der Waals surface area contributed by atoms with Gasteiger partial charge in [0, 0.05) is 17.6 Å². The van der Waals surface area contributed by atoms with Crippen molar-refractivity contribution in [3.05, 3.63) is 28.2 Å². The fraction of sp³-hybridized carbons (Fsp3) is 0.538. The van der Waals surface area contributed by atoms with E-state index >= 15 is 0 Å². The molecule has 0 aliphatic carbocycles. The molecule has 0 aliphatic heterocycles. The highest BCUT2D eigenvalue weighted by molar-refractivity contribution is 9.10. The third-order valence-corrected chi connectivity index (χ3v) is 5.87. The normalized spacial score (nSPS) is 11.8. The van der Waals surface area contributed by atoms with Crippen LogP contribution in [-0.2, 0) is 16.6 Å². The molecule has 7 heteroatoms. The molecular formula is C13H21BrN2O2S2. The van der Waals surface area contributed by atoms with Crippen LogP contribution in [0, 0.1) is 0 Å². The topological polar surface area (TPSA) is 58.2 Å². The van der Waals surface area contributed by atoms with Crippen LogP contribution in [0.25, 0.3) is 0 Å². The van der Waals surface area contributed by atoms with Gasteiger partial charge in [-0.25, -0.2) is 13.1 Å². The fourth-order valence-corrected chi connectivity index (χ4v) is 4.42. The molecule has 1 rings (SSSR count). The Labute approximate surface area is 134 Å². The van der Waals surface area contributed by atoms with Crippen molar-refractivity contribution in [3.63, 3.8) is 0 Å². The molecule has 1 aromatic carbocycles. The minimum Gasteiger partial charge on any atom is -0.316 e. The van der Waals surface area contributed by atoms with Crippen molar-refractivity contribution < 1.29 is 8.42 Å². The van der Waals surface area contributed by atoms with Gasteiger partial charge in [-0.3, -0.25) is 0 Å². The molecule has 0 saturated carbocycles. The van der Waals surface area contributed by atoms with E-state index in [9.17, 15) is 8.42 Å². The summed E-state index contributed by atoms with van der Waals surface area (Å²) in [6, 6.07) is 5.29. The summed E-state index contributed by atoms with van der Waals surface area (Å²) in [5.74, 6) is 1.06. The Kier molecular flexibility index (Phi) is 8.13. The Morgan fingerprint density at radius 1 is 1.30 bits per heavy atom. The third kappa shape index (κ3) is 5.73. The number of halogens is 1. The summed E-state index contributed by atoms with van der Waals surface area (Å²) in [4.78, 5) is 0.294. The van der Waals surface area contributed by atoms with Crippen LogP contribution in [0.5, 0.6) is 0 Å². The second kappa shape index (κ2) is 9.04. The van der Waals surface area contributed by atoms with Gasteiger partial charge in [0.05, 0.1) is 4.90 Å². The van der Waals surface area contributed by atoms with E-state index in [4.69, 9.17) is 0 Å². The summed E-state index contributed by atoms with van der Waals surface area (Å²) in [6.45, 7) is 1.19. The maximum absolute atomic E-state index is 12.2.